The summed E-state index contributed by atoms with van der Waals surface area (Å²) in [5.74, 6) is -0.436. The highest BCUT2D eigenvalue weighted by Gasteiger charge is 2.27. The normalized spacial score (nSPS) is 21.3. The van der Waals surface area contributed by atoms with Crippen molar-refractivity contribution >= 4 is 12.1 Å². The standard InChI is InChI=1S/C32H41NO7/c1-3-4-10-21-38-32(37)33-20-12-18-26-22-27(34)23(2)13-8-9-14-24-17-11-19-28(29(24)31(36)39-26)40-30(35)25-15-6-5-7-16-25/h5-9,11-12,15-17,19-20,23,26-27,30,34-35H,3-4,10,13-14,18,21-22H2,1-2H3,(H,33,37)/b9-8+,20-12+/t23-,26-,27+,30?/m0/s1. The number of rotatable bonds is 10. The maximum Gasteiger partial charge on any atom is 0.411 e. The first-order chi connectivity index (χ1) is 19.4. The molecule has 0 spiro atoms. The van der Waals surface area contributed by atoms with Gasteiger partial charge in [0.15, 0.2) is 0 Å². The van der Waals surface area contributed by atoms with Crippen molar-refractivity contribution in [3.8, 4) is 5.75 Å². The van der Waals surface area contributed by atoms with Gasteiger partial charge in [-0.15, -0.1) is 0 Å². The summed E-state index contributed by atoms with van der Waals surface area (Å²) < 4.78 is 16.9. The molecule has 2 aromatic rings. The Bertz CT molecular complexity index is 1130. The molecule has 0 aliphatic carbocycles. The number of hydrogen-bond acceptors (Lipinski definition) is 7. The first kappa shape index (κ1) is 30.9. The molecule has 0 saturated carbocycles. The molecular weight excluding hydrogens is 510 g/mol. The second-order valence-electron chi connectivity index (χ2n) is 10.0. The monoisotopic (exact) mass is 551 g/mol. The quantitative estimate of drug-likeness (QED) is 0.144. The lowest BCUT2D eigenvalue weighted by Crippen LogP contribution is -2.28. The third-order valence-electron chi connectivity index (χ3n) is 6.79. The van der Waals surface area contributed by atoms with Crippen LogP contribution in [0.3, 0.4) is 0 Å². The predicted molar refractivity (Wildman–Crippen MR) is 153 cm³/mol. The van der Waals surface area contributed by atoms with Crippen LogP contribution in [0.4, 0.5) is 4.79 Å². The van der Waals surface area contributed by atoms with Crippen LogP contribution in [-0.4, -0.2) is 41.1 Å². The van der Waals surface area contributed by atoms with Crippen LogP contribution in [-0.2, 0) is 15.9 Å². The van der Waals surface area contributed by atoms with Crippen molar-refractivity contribution < 1.29 is 34.0 Å². The number of fused-ring (bicyclic) bond motifs is 1. The SMILES string of the molecule is CCCCCOC(=O)N/C=C/C[C@H]1C[C@@H](O)[C@@H](C)C/C=C/Cc2cccc(OC(O)c3ccccc3)c2C(=O)O1. The zero-order valence-corrected chi connectivity index (χ0v) is 23.3. The van der Waals surface area contributed by atoms with Gasteiger partial charge in [0.05, 0.1) is 12.7 Å². The highest BCUT2D eigenvalue weighted by atomic mass is 16.6. The minimum atomic E-state index is -1.27. The van der Waals surface area contributed by atoms with E-state index in [1.165, 1.54) is 6.20 Å². The van der Waals surface area contributed by atoms with E-state index in [4.69, 9.17) is 14.2 Å². The number of unbranched alkanes of at least 4 members (excludes halogenated alkanes) is 2. The van der Waals surface area contributed by atoms with Crippen LogP contribution in [0.1, 0.15) is 80.1 Å². The molecule has 1 unspecified atom stereocenters. The minimum Gasteiger partial charge on any atom is -0.460 e. The van der Waals surface area contributed by atoms with Crippen molar-refractivity contribution in [2.75, 3.05) is 6.61 Å². The number of ether oxygens (including phenoxy) is 3. The third-order valence-corrected chi connectivity index (χ3v) is 6.79. The van der Waals surface area contributed by atoms with Gasteiger partial charge in [0, 0.05) is 24.6 Å². The number of alkyl carbamates (subject to hydrolysis) is 1. The zero-order chi connectivity index (χ0) is 28.7. The average molecular weight is 552 g/mol. The van der Waals surface area contributed by atoms with Crippen molar-refractivity contribution in [2.45, 2.75) is 77.3 Å². The number of carbonyl (C=O) groups is 2. The molecule has 8 heteroatoms. The van der Waals surface area contributed by atoms with Crippen LogP contribution < -0.4 is 10.1 Å². The van der Waals surface area contributed by atoms with E-state index in [-0.39, 0.29) is 30.1 Å². The van der Waals surface area contributed by atoms with E-state index in [0.29, 0.717) is 30.6 Å². The number of esters is 1. The fourth-order valence-electron chi connectivity index (χ4n) is 4.37. The smallest absolute Gasteiger partial charge is 0.411 e. The lowest BCUT2D eigenvalue weighted by molar-refractivity contribution is -0.0214. The molecule has 2 aromatic carbocycles. The van der Waals surface area contributed by atoms with Gasteiger partial charge in [0.25, 0.3) is 0 Å². The largest absolute Gasteiger partial charge is 0.460 e. The second kappa shape index (κ2) is 16.5. The Morgan fingerprint density at radius 2 is 1.95 bits per heavy atom. The molecule has 8 nitrogen and oxygen atoms in total. The van der Waals surface area contributed by atoms with Crippen molar-refractivity contribution in [3.05, 3.63) is 89.6 Å². The number of benzene rings is 2. The molecule has 40 heavy (non-hydrogen) atoms. The molecular formula is C32H41NO7. The molecule has 0 bridgehead atoms. The van der Waals surface area contributed by atoms with E-state index in [1.807, 2.05) is 31.2 Å². The summed E-state index contributed by atoms with van der Waals surface area (Å²) >= 11 is 0. The number of cyclic esters (lactones) is 1. The van der Waals surface area contributed by atoms with Gasteiger partial charge >= 0.3 is 12.1 Å². The molecule has 1 heterocycles. The van der Waals surface area contributed by atoms with Crippen LogP contribution in [0, 0.1) is 5.92 Å². The first-order valence-corrected chi connectivity index (χ1v) is 14.0. The van der Waals surface area contributed by atoms with Crippen LogP contribution >= 0.6 is 0 Å². The summed E-state index contributed by atoms with van der Waals surface area (Å²) in [5.41, 5.74) is 1.49. The number of nitrogens with one attached hydrogen (secondary N) is 1. The molecule has 0 saturated heterocycles. The summed E-state index contributed by atoms with van der Waals surface area (Å²) in [6, 6.07) is 14.1. The van der Waals surface area contributed by atoms with Crippen LogP contribution in [0.2, 0.25) is 0 Å². The van der Waals surface area contributed by atoms with E-state index < -0.39 is 30.6 Å². The Kier molecular flexibility index (Phi) is 12.7. The highest BCUT2D eigenvalue weighted by Crippen LogP contribution is 2.30. The average Bonchev–Trinajstić information content (AvgIpc) is 2.95. The summed E-state index contributed by atoms with van der Waals surface area (Å²) in [6.07, 6.45) is 8.39. The number of aliphatic hydroxyl groups is 2. The lowest BCUT2D eigenvalue weighted by Gasteiger charge is -2.25. The molecule has 0 fully saturated rings. The van der Waals surface area contributed by atoms with E-state index in [2.05, 4.69) is 12.2 Å². The molecule has 0 radical (unpaired) electrons. The van der Waals surface area contributed by atoms with Crippen LogP contribution in [0.25, 0.3) is 0 Å². The predicted octanol–water partition coefficient (Wildman–Crippen LogP) is 5.99. The summed E-state index contributed by atoms with van der Waals surface area (Å²) in [7, 11) is 0. The van der Waals surface area contributed by atoms with Crippen molar-refractivity contribution in [2.24, 2.45) is 5.92 Å². The number of hydrogen-bond donors (Lipinski definition) is 3. The van der Waals surface area contributed by atoms with Crippen molar-refractivity contribution in [1.82, 2.24) is 5.32 Å². The van der Waals surface area contributed by atoms with Gasteiger partial charge in [0.2, 0.25) is 6.29 Å². The van der Waals surface area contributed by atoms with Gasteiger partial charge < -0.3 is 24.4 Å². The zero-order valence-electron chi connectivity index (χ0n) is 23.3. The number of amides is 1. The second-order valence-corrected chi connectivity index (χ2v) is 10.0. The van der Waals surface area contributed by atoms with Crippen LogP contribution in [0.15, 0.2) is 73.0 Å². The summed E-state index contributed by atoms with van der Waals surface area (Å²) in [5, 5.41) is 24.0. The van der Waals surface area contributed by atoms with Crippen molar-refractivity contribution in [1.29, 1.82) is 0 Å². The first-order valence-electron chi connectivity index (χ1n) is 14.0. The molecule has 1 aliphatic heterocycles. The Balaban J connectivity index is 1.77. The Morgan fingerprint density at radius 3 is 2.73 bits per heavy atom. The fourth-order valence-corrected chi connectivity index (χ4v) is 4.37. The fraction of sp³-hybridized carbons (Fsp3) is 0.438. The van der Waals surface area contributed by atoms with Crippen LogP contribution in [0.5, 0.6) is 5.75 Å². The minimum absolute atomic E-state index is 0.0350. The molecule has 1 aliphatic rings. The summed E-state index contributed by atoms with van der Waals surface area (Å²) in [6.45, 7) is 4.39. The molecule has 216 valence electrons. The maximum atomic E-state index is 13.6. The van der Waals surface area contributed by atoms with Gasteiger partial charge in [-0.1, -0.05) is 87.4 Å². The number of allylic oxidation sites excluding steroid dienone is 2. The molecule has 3 N–H and O–H groups in total. The number of carbonyl (C=O) groups excluding carboxylic acids is 2. The van der Waals surface area contributed by atoms with Gasteiger partial charge in [-0.3, -0.25) is 5.32 Å². The Morgan fingerprint density at radius 1 is 1.15 bits per heavy atom. The topological polar surface area (TPSA) is 114 Å². The Hall–Kier alpha value is -3.62. The molecule has 3 rings (SSSR count). The number of aliphatic hydroxyl groups excluding tert-OH is 2. The van der Waals surface area contributed by atoms with E-state index in [1.54, 1.807) is 42.5 Å². The van der Waals surface area contributed by atoms with Gasteiger partial charge in [-0.05, 0) is 36.8 Å². The molecule has 1 amide bonds. The molecule has 0 aromatic heterocycles. The summed E-state index contributed by atoms with van der Waals surface area (Å²) in [4.78, 5) is 25.4. The molecule has 4 atom stereocenters. The van der Waals surface area contributed by atoms with Gasteiger partial charge in [0.1, 0.15) is 17.4 Å². The van der Waals surface area contributed by atoms with E-state index in [0.717, 1.165) is 19.3 Å². The van der Waals surface area contributed by atoms with Gasteiger partial charge in [-0.25, -0.2) is 9.59 Å². The lowest BCUT2D eigenvalue weighted by atomic mass is 9.93. The van der Waals surface area contributed by atoms with E-state index in [9.17, 15) is 19.8 Å². The van der Waals surface area contributed by atoms with E-state index >= 15 is 0 Å². The maximum absolute atomic E-state index is 13.6. The third kappa shape index (κ3) is 9.84. The van der Waals surface area contributed by atoms with Crippen molar-refractivity contribution in [3.63, 3.8) is 0 Å². The Labute approximate surface area is 236 Å². The highest BCUT2D eigenvalue weighted by molar-refractivity contribution is 5.94. The van der Waals surface area contributed by atoms with Gasteiger partial charge in [-0.2, -0.15) is 0 Å².